The molecule has 0 unspecified atom stereocenters. The maximum Gasteiger partial charge on any atom is 0.254 e. The molecule has 1 aromatic rings. The molecule has 1 amide bonds. The maximum atomic E-state index is 13.2. The summed E-state index contributed by atoms with van der Waals surface area (Å²) in [6.45, 7) is 5.16. The lowest BCUT2D eigenvalue weighted by Gasteiger charge is -2.35. The molecule has 0 radical (unpaired) electrons. The topological polar surface area (TPSA) is 51.2 Å². The summed E-state index contributed by atoms with van der Waals surface area (Å²) < 4.78 is 16.1. The van der Waals surface area contributed by atoms with Gasteiger partial charge in [0.15, 0.2) is 11.5 Å². The highest BCUT2D eigenvalue weighted by atomic mass is 32.2. The second-order valence-electron chi connectivity index (χ2n) is 6.56. The van der Waals surface area contributed by atoms with Crippen LogP contribution in [-0.4, -0.2) is 86.9 Å². The van der Waals surface area contributed by atoms with Crippen molar-refractivity contribution in [3.8, 4) is 11.5 Å². The molecule has 1 aromatic carbocycles. The number of methoxy groups -OCH3 is 2. The van der Waals surface area contributed by atoms with Crippen LogP contribution in [0.1, 0.15) is 16.8 Å². The molecule has 0 aliphatic carbocycles. The minimum atomic E-state index is 0.0757. The van der Waals surface area contributed by atoms with E-state index in [-0.39, 0.29) is 11.9 Å². The minimum absolute atomic E-state index is 0.0757. The molecule has 6 nitrogen and oxygen atoms in total. The molecule has 7 heteroatoms. The average Bonchev–Trinajstić information content (AvgIpc) is 2.93. The standard InChI is InChI=1S/C19H28N2O4S/c1-23-17-5-4-15(12-18(17)24-2)19(22)21-6-3-11-26-14-16(21)13-20-7-9-25-10-8-20/h4-5,12,16H,3,6-11,13-14H2,1-2H3/t16-/m0/s1. The van der Waals surface area contributed by atoms with Crippen molar-refractivity contribution in [2.24, 2.45) is 0 Å². The smallest absolute Gasteiger partial charge is 0.254 e. The summed E-state index contributed by atoms with van der Waals surface area (Å²) in [5.74, 6) is 3.39. The normalized spacial score (nSPS) is 21.9. The van der Waals surface area contributed by atoms with Gasteiger partial charge in [-0.1, -0.05) is 0 Å². The Hall–Kier alpha value is -1.44. The van der Waals surface area contributed by atoms with Gasteiger partial charge in [-0.15, -0.1) is 0 Å². The molecule has 0 N–H and O–H groups in total. The number of hydrogen-bond donors (Lipinski definition) is 0. The highest BCUT2D eigenvalue weighted by molar-refractivity contribution is 7.99. The molecule has 2 aliphatic rings. The lowest BCUT2D eigenvalue weighted by atomic mass is 10.1. The number of rotatable bonds is 5. The van der Waals surface area contributed by atoms with Crippen LogP contribution >= 0.6 is 11.8 Å². The molecule has 26 heavy (non-hydrogen) atoms. The number of thioether (sulfide) groups is 1. The van der Waals surface area contributed by atoms with Crippen molar-refractivity contribution >= 4 is 17.7 Å². The van der Waals surface area contributed by atoms with Gasteiger partial charge in [-0.05, 0) is 30.4 Å². The van der Waals surface area contributed by atoms with Crippen molar-refractivity contribution < 1.29 is 19.0 Å². The molecule has 3 rings (SSSR count). The molecule has 0 bridgehead atoms. The number of nitrogens with zero attached hydrogens (tertiary/aromatic N) is 2. The van der Waals surface area contributed by atoms with E-state index in [9.17, 15) is 4.79 Å². The first-order chi connectivity index (χ1) is 12.7. The van der Waals surface area contributed by atoms with Gasteiger partial charge in [-0.3, -0.25) is 9.69 Å². The van der Waals surface area contributed by atoms with Crippen molar-refractivity contribution in [2.75, 3.05) is 65.1 Å². The molecule has 2 saturated heterocycles. The van der Waals surface area contributed by atoms with Crippen molar-refractivity contribution in [1.82, 2.24) is 9.80 Å². The third kappa shape index (κ3) is 4.64. The Balaban J connectivity index is 1.77. The van der Waals surface area contributed by atoms with Crippen LogP contribution in [0.25, 0.3) is 0 Å². The van der Waals surface area contributed by atoms with Crippen molar-refractivity contribution in [1.29, 1.82) is 0 Å². The number of benzene rings is 1. The Labute approximate surface area is 159 Å². The maximum absolute atomic E-state index is 13.2. The van der Waals surface area contributed by atoms with Gasteiger partial charge in [0.1, 0.15) is 0 Å². The first-order valence-corrected chi connectivity index (χ1v) is 10.3. The van der Waals surface area contributed by atoms with E-state index in [4.69, 9.17) is 14.2 Å². The van der Waals surface area contributed by atoms with Crippen LogP contribution in [0.2, 0.25) is 0 Å². The van der Waals surface area contributed by atoms with Crippen LogP contribution in [0.4, 0.5) is 0 Å². The summed E-state index contributed by atoms with van der Waals surface area (Å²) in [5.41, 5.74) is 0.654. The molecular weight excluding hydrogens is 352 g/mol. The Morgan fingerprint density at radius 3 is 2.69 bits per heavy atom. The largest absolute Gasteiger partial charge is 0.493 e. The first kappa shape index (κ1) is 19.3. The van der Waals surface area contributed by atoms with E-state index in [1.54, 1.807) is 26.4 Å². The van der Waals surface area contributed by atoms with E-state index in [0.717, 1.165) is 57.3 Å². The predicted octanol–water partition coefficient (Wildman–Crippen LogP) is 1.98. The Morgan fingerprint density at radius 2 is 1.96 bits per heavy atom. The lowest BCUT2D eigenvalue weighted by Crippen LogP contribution is -2.50. The summed E-state index contributed by atoms with van der Waals surface area (Å²) in [4.78, 5) is 17.7. The summed E-state index contributed by atoms with van der Waals surface area (Å²) in [5, 5.41) is 0. The predicted molar refractivity (Wildman–Crippen MR) is 104 cm³/mol. The van der Waals surface area contributed by atoms with E-state index >= 15 is 0 Å². The Kier molecular flexibility index (Phi) is 7.05. The fraction of sp³-hybridized carbons (Fsp3) is 0.632. The van der Waals surface area contributed by atoms with Gasteiger partial charge < -0.3 is 19.1 Å². The fourth-order valence-electron chi connectivity index (χ4n) is 3.46. The second-order valence-corrected chi connectivity index (χ2v) is 7.71. The van der Waals surface area contributed by atoms with Gasteiger partial charge in [-0.2, -0.15) is 11.8 Å². The number of carbonyl (C=O) groups excluding carboxylic acids is 1. The zero-order chi connectivity index (χ0) is 18.4. The monoisotopic (exact) mass is 380 g/mol. The molecule has 0 saturated carbocycles. The highest BCUT2D eigenvalue weighted by Crippen LogP contribution is 2.29. The summed E-state index contributed by atoms with van der Waals surface area (Å²) in [7, 11) is 3.19. The van der Waals surface area contributed by atoms with Crippen LogP contribution < -0.4 is 9.47 Å². The number of carbonyl (C=O) groups is 1. The van der Waals surface area contributed by atoms with E-state index in [1.165, 1.54) is 0 Å². The van der Waals surface area contributed by atoms with Gasteiger partial charge in [0, 0.05) is 37.5 Å². The van der Waals surface area contributed by atoms with Gasteiger partial charge >= 0.3 is 0 Å². The number of morpholine rings is 1. The summed E-state index contributed by atoms with van der Waals surface area (Å²) in [6.07, 6.45) is 1.03. The Morgan fingerprint density at radius 1 is 1.19 bits per heavy atom. The average molecular weight is 381 g/mol. The van der Waals surface area contributed by atoms with Crippen LogP contribution in [-0.2, 0) is 4.74 Å². The number of ether oxygens (including phenoxy) is 3. The minimum Gasteiger partial charge on any atom is -0.493 e. The first-order valence-electron chi connectivity index (χ1n) is 9.13. The zero-order valence-electron chi connectivity index (χ0n) is 15.6. The zero-order valence-corrected chi connectivity index (χ0v) is 16.4. The van der Waals surface area contributed by atoms with Gasteiger partial charge in [0.2, 0.25) is 0 Å². The molecule has 144 valence electrons. The lowest BCUT2D eigenvalue weighted by molar-refractivity contribution is 0.0245. The fourth-order valence-corrected chi connectivity index (χ4v) is 4.52. The SMILES string of the molecule is COc1ccc(C(=O)N2CCCSC[C@@H]2CN2CCOCC2)cc1OC. The van der Waals surface area contributed by atoms with Crippen LogP contribution in [0.5, 0.6) is 11.5 Å². The van der Waals surface area contributed by atoms with Crippen molar-refractivity contribution in [3.63, 3.8) is 0 Å². The highest BCUT2D eigenvalue weighted by Gasteiger charge is 2.29. The summed E-state index contributed by atoms with van der Waals surface area (Å²) >= 11 is 1.95. The molecule has 2 fully saturated rings. The molecule has 2 heterocycles. The molecule has 2 aliphatic heterocycles. The van der Waals surface area contributed by atoms with Crippen molar-refractivity contribution in [3.05, 3.63) is 23.8 Å². The van der Waals surface area contributed by atoms with Crippen LogP contribution in [0, 0.1) is 0 Å². The molecular formula is C19H28N2O4S. The van der Waals surface area contributed by atoms with Gasteiger partial charge in [0.25, 0.3) is 5.91 Å². The third-order valence-electron chi connectivity index (χ3n) is 4.90. The van der Waals surface area contributed by atoms with E-state index in [1.807, 2.05) is 17.8 Å². The third-order valence-corrected chi connectivity index (χ3v) is 6.10. The van der Waals surface area contributed by atoms with E-state index in [0.29, 0.717) is 17.1 Å². The van der Waals surface area contributed by atoms with Gasteiger partial charge in [0.05, 0.1) is 33.5 Å². The quantitative estimate of drug-likeness (QED) is 0.779. The molecule has 1 atom stereocenters. The Bertz CT molecular complexity index is 607. The van der Waals surface area contributed by atoms with E-state index < -0.39 is 0 Å². The second kappa shape index (κ2) is 9.48. The molecule has 0 aromatic heterocycles. The van der Waals surface area contributed by atoms with E-state index in [2.05, 4.69) is 9.80 Å². The molecule has 0 spiro atoms. The van der Waals surface area contributed by atoms with Gasteiger partial charge in [-0.25, -0.2) is 0 Å². The van der Waals surface area contributed by atoms with Crippen molar-refractivity contribution in [2.45, 2.75) is 12.5 Å². The number of amides is 1. The van der Waals surface area contributed by atoms with Crippen LogP contribution in [0.3, 0.4) is 0 Å². The summed E-state index contributed by atoms with van der Waals surface area (Å²) in [6, 6.07) is 5.63. The number of hydrogen-bond acceptors (Lipinski definition) is 6. The van der Waals surface area contributed by atoms with Crippen LogP contribution in [0.15, 0.2) is 18.2 Å².